The van der Waals surface area contributed by atoms with Crippen molar-refractivity contribution in [2.24, 2.45) is 4.99 Å². The molecule has 2 N–H and O–H groups in total. The third-order valence-corrected chi connectivity index (χ3v) is 5.96. The van der Waals surface area contributed by atoms with E-state index in [2.05, 4.69) is 52.1 Å². The van der Waals surface area contributed by atoms with Gasteiger partial charge in [0.05, 0.1) is 6.54 Å². The van der Waals surface area contributed by atoms with Crippen LogP contribution in [0.15, 0.2) is 22.5 Å². The Labute approximate surface area is 130 Å². The first kappa shape index (κ1) is 15.7. The van der Waals surface area contributed by atoms with E-state index in [-0.39, 0.29) is 5.54 Å². The van der Waals surface area contributed by atoms with Crippen LogP contribution < -0.4 is 10.6 Å². The highest BCUT2D eigenvalue weighted by Gasteiger charge is 2.36. The fourth-order valence-corrected chi connectivity index (χ4v) is 4.50. The molecule has 4 nitrogen and oxygen atoms in total. The number of hydrogen-bond donors (Lipinski definition) is 2. The predicted octanol–water partition coefficient (Wildman–Crippen LogP) is 1.85. The monoisotopic (exact) mass is 312 g/mol. The number of hydrogen-bond acceptors (Lipinski definition) is 4. The molecule has 1 unspecified atom stereocenters. The van der Waals surface area contributed by atoms with Crippen molar-refractivity contribution in [3.8, 4) is 0 Å². The van der Waals surface area contributed by atoms with Crippen molar-refractivity contribution in [1.29, 1.82) is 0 Å². The van der Waals surface area contributed by atoms with E-state index in [1.165, 1.54) is 22.8 Å². The Bertz CT molecular complexity index is 422. The van der Waals surface area contributed by atoms with Gasteiger partial charge in [-0.2, -0.15) is 11.8 Å². The normalized spacial score (nSPS) is 23.3. The zero-order valence-corrected chi connectivity index (χ0v) is 14.1. The Morgan fingerprint density at radius 1 is 1.45 bits per heavy atom. The number of guanidine groups is 1. The molecule has 0 amide bonds. The molecule has 0 aromatic carbocycles. The highest BCUT2D eigenvalue weighted by molar-refractivity contribution is 7.99. The van der Waals surface area contributed by atoms with E-state index in [4.69, 9.17) is 0 Å². The lowest BCUT2D eigenvalue weighted by Crippen LogP contribution is -2.54. The largest absolute Gasteiger partial charge is 0.355 e. The van der Waals surface area contributed by atoms with E-state index >= 15 is 0 Å². The van der Waals surface area contributed by atoms with Crippen molar-refractivity contribution in [2.75, 3.05) is 39.2 Å². The van der Waals surface area contributed by atoms with Gasteiger partial charge >= 0.3 is 0 Å². The first-order chi connectivity index (χ1) is 9.66. The molecule has 1 aliphatic rings. The van der Waals surface area contributed by atoms with E-state index in [9.17, 15) is 0 Å². The van der Waals surface area contributed by atoms with Crippen LogP contribution in [-0.2, 0) is 6.54 Å². The summed E-state index contributed by atoms with van der Waals surface area (Å²) in [4.78, 5) is 7.99. The van der Waals surface area contributed by atoms with Crippen LogP contribution in [0.25, 0.3) is 0 Å². The number of aliphatic imine (C=N–C) groups is 1. The van der Waals surface area contributed by atoms with Crippen molar-refractivity contribution in [1.82, 2.24) is 15.5 Å². The molecule has 1 saturated heterocycles. The van der Waals surface area contributed by atoms with E-state index in [0.29, 0.717) is 0 Å². The SMILES string of the molecule is CN=C(NCc1cccs1)NCC1(N(C)C)CCSC1. The lowest BCUT2D eigenvalue weighted by molar-refractivity contribution is 0.183. The van der Waals surface area contributed by atoms with Gasteiger partial charge in [-0.15, -0.1) is 11.3 Å². The van der Waals surface area contributed by atoms with E-state index in [0.717, 1.165) is 19.0 Å². The molecule has 0 saturated carbocycles. The molecule has 20 heavy (non-hydrogen) atoms. The summed E-state index contributed by atoms with van der Waals surface area (Å²) in [5.74, 6) is 3.33. The van der Waals surface area contributed by atoms with Crippen LogP contribution in [0, 0.1) is 0 Å². The van der Waals surface area contributed by atoms with Crippen molar-refractivity contribution >= 4 is 29.1 Å². The standard InChI is InChI=1S/C14H24N4S2/c1-15-13(16-9-12-5-4-7-20-12)17-10-14(18(2)3)6-8-19-11-14/h4-5,7H,6,8-11H2,1-3H3,(H2,15,16,17). The summed E-state index contributed by atoms with van der Waals surface area (Å²) < 4.78 is 0. The molecular weight excluding hydrogens is 288 g/mol. The predicted molar refractivity (Wildman–Crippen MR) is 90.9 cm³/mol. The van der Waals surface area contributed by atoms with Gasteiger partial charge in [0.1, 0.15) is 0 Å². The van der Waals surface area contributed by atoms with Gasteiger partial charge in [-0.3, -0.25) is 4.99 Å². The maximum absolute atomic E-state index is 4.31. The lowest BCUT2D eigenvalue weighted by atomic mass is 9.97. The van der Waals surface area contributed by atoms with Crippen LogP contribution in [0.5, 0.6) is 0 Å². The van der Waals surface area contributed by atoms with Crippen LogP contribution in [-0.4, -0.2) is 55.6 Å². The number of nitrogens with zero attached hydrogens (tertiary/aromatic N) is 2. The first-order valence-corrected chi connectivity index (χ1v) is 8.92. The van der Waals surface area contributed by atoms with Crippen LogP contribution in [0.3, 0.4) is 0 Å². The third kappa shape index (κ3) is 3.90. The van der Waals surface area contributed by atoms with E-state index in [1.54, 1.807) is 11.3 Å². The van der Waals surface area contributed by atoms with Crippen molar-refractivity contribution in [3.05, 3.63) is 22.4 Å². The number of thiophene rings is 1. The van der Waals surface area contributed by atoms with Gasteiger partial charge < -0.3 is 15.5 Å². The minimum atomic E-state index is 0.255. The Morgan fingerprint density at radius 2 is 2.30 bits per heavy atom. The molecule has 6 heteroatoms. The molecule has 1 aromatic rings. The topological polar surface area (TPSA) is 39.7 Å². The summed E-state index contributed by atoms with van der Waals surface area (Å²) in [6, 6.07) is 4.22. The number of nitrogens with one attached hydrogen (secondary N) is 2. The highest BCUT2D eigenvalue weighted by Crippen LogP contribution is 2.31. The van der Waals surface area contributed by atoms with Gasteiger partial charge in [0.2, 0.25) is 0 Å². The summed E-state index contributed by atoms with van der Waals surface area (Å²) >= 11 is 3.81. The molecule has 1 aromatic heterocycles. The summed E-state index contributed by atoms with van der Waals surface area (Å²) in [7, 11) is 6.18. The summed E-state index contributed by atoms with van der Waals surface area (Å²) in [5, 5.41) is 8.96. The van der Waals surface area contributed by atoms with Gasteiger partial charge in [0, 0.05) is 29.8 Å². The van der Waals surface area contributed by atoms with E-state index < -0.39 is 0 Å². The van der Waals surface area contributed by atoms with E-state index in [1.807, 2.05) is 18.8 Å². The molecule has 0 bridgehead atoms. The molecule has 112 valence electrons. The summed E-state index contributed by atoms with van der Waals surface area (Å²) in [6.45, 7) is 1.78. The van der Waals surface area contributed by atoms with Crippen LogP contribution in [0.4, 0.5) is 0 Å². The van der Waals surface area contributed by atoms with Gasteiger partial charge in [-0.05, 0) is 37.7 Å². The maximum Gasteiger partial charge on any atom is 0.191 e. The first-order valence-electron chi connectivity index (χ1n) is 6.88. The maximum atomic E-state index is 4.31. The smallest absolute Gasteiger partial charge is 0.191 e. The van der Waals surface area contributed by atoms with Crippen molar-refractivity contribution in [2.45, 2.75) is 18.5 Å². The molecule has 1 atom stereocenters. The Balaban J connectivity index is 1.84. The average molecular weight is 313 g/mol. The van der Waals surface area contributed by atoms with Crippen LogP contribution in [0.2, 0.25) is 0 Å². The second-order valence-corrected chi connectivity index (χ2v) is 7.42. The zero-order chi connectivity index (χ0) is 14.4. The Hall–Kier alpha value is -0.720. The Kier molecular flexibility index (Phi) is 5.74. The highest BCUT2D eigenvalue weighted by atomic mass is 32.2. The second-order valence-electron chi connectivity index (χ2n) is 5.28. The fourth-order valence-electron chi connectivity index (χ4n) is 2.30. The van der Waals surface area contributed by atoms with Gasteiger partial charge in [0.25, 0.3) is 0 Å². The van der Waals surface area contributed by atoms with Crippen LogP contribution >= 0.6 is 23.1 Å². The molecule has 0 aliphatic carbocycles. The molecular formula is C14H24N4S2. The minimum Gasteiger partial charge on any atom is -0.355 e. The molecule has 0 radical (unpaired) electrons. The average Bonchev–Trinajstić information content (AvgIpc) is 3.10. The quantitative estimate of drug-likeness (QED) is 0.643. The molecule has 1 fully saturated rings. The second kappa shape index (κ2) is 7.33. The fraction of sp³-hybridized carbons (Fsp3) is 0.643. The number of likely N-dealkylation sites (N-methyl/N-ethyl adjacent to an activating group) is 1. The summed E-state index contributed by atoms with van der Waals surface area (Å²) in [5.41, 5.74) is 0.255. The third-order valence-electron chi connectivity index (χ3n) is 3.85. The van der Waals surface area contributed by atoms with Gasteiger partial charge in [-0.1, -0.05) is 6.07 Å². The summed E-state index contributed by atoms with van der Waals surface area (Å²) in [6.07, 6.45) is 1.24. The van der Waals surface area contributed by atoms with Crippen molar-refractivity contribution in [3.63, 3.8) is 0 Å². The van der Waals surface area contributed by atoms with Gasteiger partial charge in [-0.25, -0.2) is 0 Å². The Morgan fingerprint density at radius 3 is 2.85 bits per heavy atom. The van der Waals surface area contributed by atoms with Crippen molar-refractivity contribution < 1.29 is 0 Å². The molecule has 0 spiro atoms. The molecule has 2 heterocycles. The minimum absolute atomic E-state index is 0.255. The number of thioether (sulfide) groups is 1. The van der Waals surface area contributed by atoms with Gasteiger partial charge in [0.15, 0.2) is 5.96 Å². The number of rotatable bonds is 5. The lowest BCUT2D eigenvalue weighted by Gasteiger charge is -2.36. The van der Waals surface area contributed by atoms with Crippen LogP contribution in [0.1, 0.15) is 11.3 Å². The zero-order valence-electron chi connectivity index (χ0n) is 12.5. The molecule has 1 aliphatic heterocycles. The molecule has 2 rings (SSSR count).